The van der Waals surface area contributed by atoms with Gasteiger partial charge in [0.25, 0.3) is 0 Å². The summed E-state index contributed by atoms with van der Waals surface area (Å²) in [5, 5.41) is 2.90. The number of methoxy groups -OCH3 is 1. The molecule has 2 N–H and O–H groups in total. The molecule has 2 atom stereocenters. The molecule has 0 saturated carbocycles. The second kappa shape index (κ2) is 6.79. The molecule has 0 radical (unpaired) electrons. The molecule has 2 aliphatic heterocycles. The molecule has 2 aromatic rings. The second-order valence-electron chi connectivity index (χ2n) is 7.32. The van der Waals surface area contributed by atoms with Crippen molar-refractivity contribution in [3.8, 4) is 5.75 Å². The van der Waals surface area contributed by atoms with Gasteiger partial charge in [-0.25, -0.2) is 13.1 Å². The molecule has 2 aliphatic rings. The molecule has 1 amide bonds. The van der Waals surface area contributed by atoms with Gasteiger partial charge < -0.3 is 15.0 Å². The SMILES string of the molecule is COc1cc(C)c(C)cc1S(=O)(=O)NC1CC2C(=O)Nc3ccccc3N2C1. The molecule has 1 fully saturated rings. The van der Waals surface area contributed by atoms with Gasteiger partial charge in [0.05, 0.1) is 18.5 Å². The number of ether oxygens (including phenoxy) is 1. The number of carbonyl (C=O) groups is 1. The van der Waals surface area contributed by atoms with Crippen molar-refractivity contribution >= 4 is 27.3 Å². The number of amides is 1. The molecule has 7 nitrogen and oxygen atoms in total. The normalized spacial score (nSPS) is 21.1. The number of nitrogens with zero attached hydrogens (tertiary/aromatic N) is 1. The van der Waals surface area contributed by atoms with E-state index in [-0.39, 0.29) is 22.9 Å². The average Bonchev–Trinajstić information content (AvgIpc) is 3.07. The monoisotopic (exact) mass is 401 g/mol. The van der Waals surface area contributed by atoms with Gasteiger partial charge in [0, 0.05) is 12.6 Å². The minimum atomic E-state index is -3.80. The Kier molecular flexibility index (Phi) is 4.55. The van der Waals surface area contributed by atoms with Crippen molar-refractivity contribution in [1.82, 2.24) is 4.72 Å². The van der Waals surface area contributed by atoms with Gasteiger partial charge in [-0.3, -0.25) is 4.79 Å². The first-order valence-electron chi connectivity index (χ1n) is 9.14. The number of fused-ring (bicyclic) bond motifs is 3. The van der Waals surface area contributed by atoms with Crippen molar-refractivity contribution in [2.24, 2.45) is 0 Å². The van der Waals surface area contributed by atoms with Crippen LogP contribution in [-0.4, -0.2) is 40.1 Å². The lowest BCUT2D eigenvalue weighted by atomic mass is 10.1. The van der Waals surface area contributed by atoms with Crippen LogP contribution in [-0.2, 0) is 14.8 Å². The van der Waals surface area contributed by atoms with E-state index in [0.717, 1.165) is 22.5 Å². The Morgan fingerprint density at radius 2 is 1.89 bits per heavy atom. The highest BCUT2D eigenvalue weighted by atomic mass is 32.2. The zero-order chi connectivity index (χ0) is 20.1. The van der Waals surface area contributed by atoms with E-state index in [0.29, 0.717) is 18.7 Å². The molecular formula is C20H23N3O4S. The van der Waals surface area contributed by atoms with Gasteiger partial charge in [-0.1, -0.05) is 12.1 Å². The highest BCUT2D eigenvalue weighted by Gasteiger charge is 2.42. The summed E-state index contributed by atoms with van der Waals surface area (Å²) in [6, 6.07) is 10.1. The molecule has 2 heterocycles. The van der Waals surface area contributed by atoms with Crippen LogP contribution < -0.4 is 19.7 Å². The van der Waals surface area contributed by atoms with Crippen LogP contribution in [0.3, 0.4) is 0 Å². The maximum atomic E-state index is 13.1. The van der Waals surface area contributed by atoms with Gasteiger partial charge in [-0.2, -0.15) is 0 Å². The molecular weight excluding hydrogens is 378 g/mol. The van der Waals surface area contributed by atoms with E-state index in [1.807, 2.05) is 43.0 Å². The Labute approximate surface area is 164 Å². The van der Waals surface area contributed by atoms with Crippen molar-refractivity contribution in [3.05, 3.63) is 47.5 Å². The summed E-state index contributed by atoms with van der Waals surface area (Å²) in [4.78, 5) is 14.5. The highest BCUT2D eigenvalue weighted by Crippen LogP contribution is 2.37. The van der Waals surface area contributed by atoms with Crippen molar-refractivity contribution < 1.29 is 17.9 Å². The standard InChI is InChI=1S/C20H23N3O4S/c1-12-8-18(27-3)19(9-13(12)2)28(25,26)22-14-10-17-20(24)21-15-6-4-5-7-16(15)23(17)11-14/h4-9,14,17,22H,10-11H2,1-3H3,(H,21,24). The van der Waals surface area contributed by atoms with Gasteiger partial charge >= 0.3 is 0 Å². The lowest BCUT2D eigenvalue weighted by molar-refractivity contribution is -0.117. The molecule has 0 spiro atoms. The van der Waals surface area contributed by atoms with E-state index in [9.17, 15) is 13.2 Å². The minimum absolute atomic E-state index is 0.107. The topological polar surface area (TPSA) is 87.7 Å². The second-order valence-corrected chi connectivity index (χ2v) is 9.00. The summed E-state index contributed by atoms with van der Waals surface area (Å²) in [6.45, 7) is 4.21. The molecule has 2 aromatic carbocycles. The fourth-order valence-electron chi connectivity index (χ4n) is 3.90. The molecule has 8 heteroatoms. The number of benzene rings is 2. The summed E-state index contributed by atoms with van der Waals surface area (Å²) >= 11 is 0. The third kappa shape index (κ3) is 3.12. The minimum Gasteiger partial charge on any atom is -0.495 e. The Hall–Kier alpha value is -2.58. The Bertz CT molecular complexity index is 1050. The number of aryl methyl sites for hydroxylation is 2. The fraction of sp³-hybridized carbons (Fsp3) is 0.350. The zero-order valence-corrected chi connectivity index (χ0v) is 16.8. The third-order valence-electron chi connectivity index (χ3n) is 5.47. The van der Waals surface area contributed by atoms with Gasteiger partial charge in [0.2, 0.25) is 15.9 Å². The number of para-hydroxylation sites is 2. The quantitative estimate of drug-likeness (QED) is 0.820. The molecule has 0 aliphatic carbocycles. The van der Waals surface area contributed by atoms with Crippen LogP contribution in [0, 0.1) is 13.8 Å². The van der Waals surface area contributed by atoms with Gasteiger partial charge in [-0.15, -0.1) is 0 Å². The lowest BCUT2D eigenvalue weighted by Crippen LogP contribution is -2.44. The maximum Gasteiger partial charge on any atom is 0.247 e. The van der Waals surface area contributed by atoms with Crippen LogP contribution in [0.4, 0.5) is 11.4 Å². The smallest absolute Gasteiger partial charge is 0.247 e. The first-order chi connectivity index (χ1) is 13.3. The maximum absolute atomic E-state index is 13.1. The van der Waals surface area contributed by atoms with Crippen molar-refractivity contribution in [2.45, 2.75) is 37.2 Å². The van der Waals surface area contributed by atoms with E-state index in [4.69, 9.17) is 4.74 Å². The molecule has 2 unspecified atom stereocenters. The number of hydrogen-bond donors (Lipinski definition) is 2. The Balaban J connectivity index is 1.61. The van der Waals surface area contributed by atoms with Crippen molar-refractivity contribution in [2.75, 3.05) is 23.9 Å². The van der Waals surface area contributed by atoms with Crippen LogP contribution in [0.1, 0.15) is 17.5 Å². The van der Waals surface area contributed by atoms with Crippen LogP contribution in [0.15, 0.2) is 41.3 Å². The summed E-state index contributed by atoms with van der Waals surface area (Å²) in [5.41, 5.74) is 3.50. The number of anilines is 2. The van der Waals surface area contributed by atoms with E-state index < -0.39 is 10.0 Å². The van der Waals surface area contributed by atoms with E-state index in [2.05, 4.69) is 10.0 Å². The molecule has 28 heavy (non-hydrogen) atoms. The molecule has 148 valence electrons. The van der Waals surface area contributed by atoms with Gasteiger partial charge in [-0.05, 0) is 55.7 Å². The van der Waals surface area contributed by atoms with E-state index in [1.165, 1.54) is 7.11 Å². The third-order valence-corrected chi connectivity index (χ3v) is 7.01. The predicted octanol–water partition coefficient (Wildman–Crippen LogP) is 2.19. The molecule has 0 bridgehead atoms. The molecule has 1 saturated heterocycles. The number of hydrogen-bond acceptors (Lipinski definition) is 5. The Morgan fingerprint density at radius 3 is 2.64 bits per heavy atom. The largest absolute Gasteiger partial charge is 0.495 e. The summed E-state index contributed by atoms with van der Waals surface area (Å²) in [5.74, 6) is 0.207. The fourth-order valence-corrected chi connectivity index (χ4v) is 5.37. The molecule has 4 rings (SSSR count). The predicted molar refractivity (Wildman–Crippen MR) is 107 cm³/mol. The number of nitrogens with one attached hydrogen (secondary N) is 2. The van der Waals surface area contributed by atoms with Crippen molar-refractivity contribution in [3.63, 3.8) is 0 Å². The average molecular weight is 401 g/mol. The molecule has 0 aromatic heterocycles. The number of carbonyl (C=O) groups excluding carboxylic acids is 1. The summed E-state index contributed by atoms with van der Waals surface area (Å²) < 4.78 is 34.2. The number of sulfonamides is 1. The van der Waals surface area contributed by atoms with Crippen LogP contribution in [0.25, 0.3) is 0 Å². The lowest BCUT2D eigenvalue weighted by Gasteiger charge is -2.32. The van der Waals surface area contributed by atoms with Crippen molar-refractivity contribution in [1.29, 1.82) is 0 Å². The van der Waals surface area contributed by atoms with E-state index >= 15 is 0 Å². The van der Waals surface area contributed by atoms with Crippen LogP contribution in [0.2, 0.25) is 0 Å². The Morgan fingerprint density at radius 1 is 1.18 bits per heavy atom. The van der Waals surface area contributed by atoms with Gasteiger partial charge in [0.15, 0.2) is 0 Å². The summed E-state index contributed by atoms with van der Waals surface area (Å²) in [7, 11) is -2.34. The highest BCUT2D eigenvalue weighted by molar-refractivity contribution is 7.89. The first-order valence-corrected chi connectivity index (χ1v) is 10.6. The summed E-state index contributed by atoms with van der Waals surface area (Å²) in [6.07, 6.45) is 0.409. The van der Waals surface area contributed by atoms with Crippen LogP contribution in [0.5, 0.6) is 5.75 Å². The number of rotatable bonds is 4. The van der Waals surface area contributed by atoms with E-state index in [1.54, 1.807) is 12.1 Å². The zero-order valence-electron chi connectivity index (χ0n) is 16.0. The first kappa shape index (κ1) is 18.8. The van der Waals surface area contributed by atoms with Crippen LogP contribution >= 0.6 is 0 Å². The van der Waals surface area contributed by atoms with Gasteiger partial charge in [0.1, 0.15) is 16.7 Å².